The highest BCUT2D eigenvalue weighted by Gasteiger charge is 2.35. The van der Waals surface area contributed by atoms with E-state index in [4.69, 9.17) is 9.57 Å². The van der Waals surface area contributed by atoms with Crippen LogP contribution in [0.4, 0.5) is 22.8 Å². The summed E-state index contributed by atoms with van der Waals surface area (Å²) in [5.41, 5.74) is 0.542. The highest BCUT2D eigenvalue weighted by atomic mass is 32.2. The Kier molecular flexibility index (Phi) is 12.4. The molecule has 256 valence electrons. The van der Waals surface area contributed by atoms with Crippen molar-refractivity contribution in [1.82, 2.24) is 19.5 Å². The van der Waals surface area contributed by atoms with Gasteiger partial charge in [-0.3, -0.25) is 4.84 Å². The van der Waals surface area contributed by atoms with E-state index < -0.39 is 40.4 Å². The number of nitrogens with one attached hydrogen (secondary N) is 1. The fourth-order valence-corrected chi connectivity index (χ4v) is 4.67. The number of amides is 1. The Hall–Kier alpha value is -5.07. The van der Waals surface area contributed by atoms with Gasteiger partial charge in [-0.2, -0.15) is 18.3 Å². The number of ether oxygens (including phenoxy) is 3. The number of sulfonamides is 1. The monoisotopic (exact) mass is 686 g/mol. The third-order valence-corrected chi connectivity index (χ3v) is 7.48. The Balaban J connectivity index is 1.52. The van der Waals surface area contributed by atoms with E-state index in [1.165, 1.54) is 26.1 Å². The average Bonchev–Trinajstić information content (AvgIpc) is 3.46. The summed E-state index contributed by atoms with van der Waals surface area (Å²) in [6.07, 6.45) is -7.56. The largest absolute Gasteiger partial charge is 0.569 e. The number of unbranched alkanes of at least 4 members (excludes halogenated alkanes) is 1. The van der Waals surface area contributed by atoms with E-state index in [1.807, 2.05) is 6.92 Å². The van der Waals surface area contributed by atoms with Gasteiger partial charge in [0.05, 0.1) is 48.1 Å². The van der Waals surface area contributed by atoms with Gasteiger partial charge >= 0.3 is 18.4 Å². The first-order valence-electron chi connectivity index (χ1n) is 14.0. The summed E-state index contributed by atoms with van der Waals surface area (Å²) in [5, 5.41) is 20.0. The normalized spacial score (nSPS) is 12.6. The first-order valence-corrected chi connectivity index (χ1v) is 15.5. The predicted molar refractivity (Wildman–Crippen MR) is 157 cm³/mol. The summed E-state index contributed by atoms with van der Waals surface area (Å²) in [5.74, 6) is 0. The van der Waals surface area contributed by atoms with Crippen LogP contribution < -0.4 is 4.72 Å². The minimum atomic E-state index is -4.71. The summed E-state index contributed by atoms with van der Waals surface area (Å²) >= 11 is 0. The van der Waals surface area contributed by atoms with Crippen LogP contribution in [0.2, 0.25) is 0 Å². The highest BCUT2D eigenvalue weighted by molar-refractivity contribution is 7.90. The van der Waals surface area contributed by atoms with Crippen LogP contribution in [-0.2, 0) is 35.2 Å². The lowest BCUT2D eigenvalue weighted by Gasteiger charge is -2.14. The van der Waals surface area contributed by atoms with E-state index in [0.717, 1.165) is 33.5 Å². The van der Waals surface area contributed by atoms with E-state index in [2.05, 4.69) is 19.8 Å². The summed E-state index contributed by atoms with van der Waals surface area (Å²) in [6, 6.07) is 12.4. The lowest BCUT2D eigenvalue weighted by Crippen LogP contribution is -2.31. The van der Waals surface area contributed by atoms with E-state index in [-0.39, 0.29) is 47.4 Å². The number of carbonyl (C=O) groups is 2. The number of aromatic nitrogens is 2. The summed E-state index contributed by atoms with van der Waals surface area (Å²) in [7, 11) is -3.00. The zero-order valence-corrected chi connectivity index (χ0v) is 26.6. The van der Waals surface area contributed by atoms with Crippen molar-refractivity contribution in [2.24, 2.45) is 5.28 Å². The topological polar surface area (TPSA) is 177 Å². The van der Waals surface area contributed by atoms with Crippen LogP contribution >= 0.6 is 0 Å². The van der Waals surface area contributed by atoms with Crippen LogP contribution in [0.25, 0.3) is 16.9 Å². The summed E-state index contributed by atoms with van der Waals surface area (Å²) in [6.45, 7) is 4.79. The molecule has 1 atom stereocenters. The minimum Gasteiger partial charge on any atom is -0.569 e. The van der Waals surface area contributed by atoms with Gasteiger partial charge in [-0.15, -0.1) is 5.01 Å². The summed E-state index contributed by atoms with van der Waals surface area (Å²) < 4.78 is 82.8. The van der Waals surface area contributed by atoms with Crippen LogP contribution in [0.3, 0.4) is 0 Å². The minimum absolute atomic E-state index is 0.0950. The van der Waals surface area contributed by atoms with Crippen molar-refractivity contribution >= 4 is 22.3 Å². The molecule has 0 saturated carbocycles. The van der Waals surface area contributed by atoms with Crippen LogP contribution in [-0.4, -0.2) is 73.5 Å². The molecule has 1 amide bonds. The number of halogens is 3. The summed E-state index contributed by atoms with van der Waals surface area (Å²) in [4.78, 5) is 27.9. The average molecular weight is 687 g/mol. The maximum absolute atomic E-state index is 13.5. The number of rotatable bonds is 14. The molecule has 0 saturated heterocycles. The molecule has 0 radical (unpaired) electrons. The third kappa shape index (κ3) is 10.8. The molecule has 0 bridgehead atoms. The van der Waals surface area contributed by atoms with Crippen molar-refractivity contribution in [2.45, 2.75) is 51.0 Å². The molecule has 47 heavy (non-hydrogen) atoms. The Labute approximate surface area is 268 Å². The maximum Gasteiger partial charge on any atom is 0.511 e. The SMILES string of the molecule is CCOC(=O)OC(C)ON=[N+]([O-])N(C)CCCCOC(=O)NS(=O)(=O)c1ccc(-n2nc(C(F)(F)F)cc2-c2ccc(C)cc2)cc1. The van der Waals surface area contributed by atoms with Crippen LogP contribution in [0.15, 0.2) is 64.8 Å². The fourth-order valence-electron chi connectivity index (χ4n) is 3.78. The molecule has 1 unspecified atom stereocenters. The number of hydrogen-bond acceptors (Lipinski definition) is 11. The van der Waals surface area contributed by atoms with Crippen LogP contribution in [0.5, 0.6) is 0 Å². The number of hydrogen-bond donors (Lipinski definition) is 1. The molecule has 19 heteroatoms. The number of hydrazine groups is 1. The zero-order chi connectivity index (χ0) is 34.8. The Morgan fingerprint density at radius 3 is 2.38 bits per heavy atom. The van der Waals surface area contributed by atoms with Crippen LogP contribution in [0.1, 0.15) is 37.9 Å². The van der Waals surface area contributed by atoms with Gasteiger partial charge in [0.15, 0.2) is 5.69 Å². The van der Waals surface area contributed by atoms with Gasteiger partial charge in [-0.05, 0) is 57.0 Å². The Morgan fingerprint density at radius 1 is 1.11 bits per heavy atom. The smallest absolute Gasteiger partial charge is 0.511 e. The predicted octanol–water partition coefficient (Wildman–Crippen LogP) is 5.32. The molecule has 1 heterocycles. The molecule has 1 aromatic heterocycles. The number of alkyl halides is 3. The van der Waals surface area contributed by atoms with Gasteiger partial charge < -0.3 is 19.4 Å². The van der Waals surface area contributed by atoms with Gasteiger partial charge in [0.2, 0.25) is 5.28 Å². The molecular formula is C28H33F3N6O9S. The molecule has 0 spiro atoms. The van der Waals surface area contributed by atoms with E-state index in [1.54, 1.807) is 35.9 Å². The second-order valence-corrected chi connectivity index (χ2v) is 11.5. The van der Waals surface area contributed by atoms with Crippen molar-refractivity contribution in [3.63, 3.8) is 0 Å². The lowest BCUT2D eigenvalue weighted by molar-refractivity contribution is -0.707. The van der Waals surface area contributed by atoms with E-state index in [9.17, 15) is 36.4 Å². The number of nitrogens with zero attached hydrogens (tertiary/aromatic N) is 5. The fraction of sp³-hybridized carbons (Fsp3) is 0.393. The lowest BCUT2D eigenvalue weighted by atomic mass is 10.1. The number of aryl methyl sites for hydroxylation is 1. The molecule has 0 aliphatic heterocycles. The molecule has 15 nitrogen and oxygen atoms in total. The molecule has 0 fully saturated rings. The van der Waals surface area contributed by atoms with Crippen molar-refractivity contribution < 1.29 is 55.2 Å². The van der Waals surface area contributed by atoms with Gasteiger partial charge in [-0.1, -0.05) is 29.8 Å². The van der Waals surface area contributed by atoms with E-state index in [0.29, 0.717) is 12.0 Å². The quantitative estimate of drug-likeness (QED) is 0.0580. The second kappa shape index (κ2) is 16.0. The zero-order valence-electron chi connectivity index (χ0n) is 25.8. The third-order valence-electron chi connectivity index (χ3n) is 6.15. The van der Waals surface area contributed by atoms with Gasteiger partial charge in [0, 0.05) is 12.5 Å². The standard InChI is InChI=1S/C28H33F3N6O9S/c1-5-43-27(39)45-20(3)46-34-37(40)35(4)16-6-7-17-44-26(38)33-47(41,42)23-14-12-22(13-15-23)36-24(18-25(32-36)28(29,30)31)21-10-8-19(2)9-11-21/h8-15,18,20H,5-7,16-17H2,1-4H3,(H,33,38). The van der Waals surface area contributed by atoms with Crippen molar-refractivity contribution in [3.8, 4) is 16.9 Å². The number of carbonyl (C=O) groups excluding carboxylic acids is 2. The first-order chi connectivity index (χ1) is 22.1. The maximum atomic E-state index is 13.5. The molecule has 3 aromatic rings. The molecule has 2 aromatic carbocycles. The Morgan fingerprint density at radius 2 is 1.77 bits per heavy atom. The molecule has 3 rings (SSSR count). The number of benzene rings is 2. The van der Waals surface area contributed by atoms with Crippen molar-refractivity contribution in [2.75, 3.05) is 26.8 Å². The van der Waals surface area contributed by atoms with E-state index >= 15 is 0 Å². The van der Waals surface area contributed by atoms with Crippen LogP contribution in [0, 0.1) is 12.1 Å². The molecular weight excluding hydrogens is 653 g/mol. The highest BCUT2D eigenvalue weighted by Crippen LogP contribution is 2.33. The Bertz CT molecular complexity index is 1650. The molecule has 0 aliphatic rings. The van der Waals surface area contributed by atoms with Gasteiger partial charge in [0.1, 0.15) is 0 Å². The second-order valence-electron chi connectivity index (χ2n) is 9.82. The molecule has 0 aliphatic carbocycles. The first kappa shape index (κ1) is 36.4. The van der Waals surface area contributed by atoms with Crippen molar-refractivity contribution in [1.29, 1.82) is 0 Å². The van der Waals surface area contributed by atoms with Gasteiger partial charge in [0.25, 0.3) is 16.3 Å². The van der Waals surface area contributed by atoms with Gasteiger partial charge in [-0.25, -0.2) is 27.4 Å². The molecule has 1 N–H and O–H groups in total. The van der Waals surface area contributed by atoms with Crippen molar-refractivity contribution in [3.05, 3.63) is 71.1 Å².